The Bertz CT molecular complexity index is 298. The monoisotopic (exact) mass is 148 g/mol. The first kappa shape index (κ1) is 7.49. The van der Waals surface area contributed by atoms with Crippen LogP contribution in [0.15, 0.2) is 18.2 Å². The number of rotatable bonds is 0. The van der Waals surface area contributed by atoms with E-state index in [1.54, 1.807) is 13.0 Å². The van der Waals surface area contributed by atoms with Gasteiger partial charge in [0.15, 0.2) is 0 Å². The molecule has 0 aliphatic heterocycles. The second-order valence-electron chi connectivity index (χ2n) is 2.05. The van der Waals surface area contributed by atoms with Crippen molar-refractivity contribution in [2.24, 2.45) is 0 Å². The second-order valence-corrected chi connectivity index (χ2v) is 2.05. The third kappa shape index (κ3) is 1.44. The van der Waals surface area contributed by atoms with Gasteiger partial charge < -0.3 is 10.2 Å². The lowest BCUT2D eigenvalue weighted by atomic mass is 10.2. The molecular weight excluding hydrogens is 140 g/mol. The molecule has 2 N–H and O–H groups in total. The summed E-state index contributed by atoms with van der Waals surface area (Å²) in [6.07, 6.45) is 0. The fourth-order valence-electron chi connectivity index (χ4n) is 0.781. The summed E-state index contributed by atoms with van der Waals surface area (Å²) in [7, 11) is 0. The number of benzene rings is 1. The van der Waals surface area contributed by atoms with Crippen LogP contribution < -0.4 is 0 Å². The molecule has 1 rings (SSSR count). The van der Waals surface area contributed by atoms with Crippen molar-refractivity contribution in [3.8, 4) is 23.3 Å². The van der Waals surface area contributed by atoms with Crippen LogP contribution >= 0.6 is 0 Å². The fourth-order valence-corrected chi connectivity index (χ4v) is 0.781. The zero-order chi connectivity index (χ0) is 8.27. The van der Waals surface area contributed by atoms with Gasteiger partial charge in [0.1, 0.15) is 17.1 Å². The standard InChI is InChI=1S/C9H8O2/c1-2-4-7-8(10)5-3-6-9(7)11/h3,5-6,10-11H,1H3. The molecule has 0 saturated carbocycles. The molecule has 0 bridgehead atoms. The van der Waals surface area contributed by atoms with Gasteiger partial charge in [-0.05, 0) is 19.1 Å². The Morgan fingerprint density at radius 1 is 1.18 bits per heavy atom. The molecule has 0 saturated heterocycles. The summed E-state index contributed by atoms with van der Waals surface area (Å²) < 4.78 is 0. The maximum absolute atomic E-state index is 9.16. The molecule has 0 radical (unpaired) electrons. The maximum Gasteiger partial charge on any atom is 0.134 e. The Kier molecular flexibility index (Phi) is 2.03. The van der Waals surface area contributed by atoms with Gasteiger partial charge in [-0.25, -0.2) is 0 Å². The van der Waals surface area contributed by atoms with Crippen molar-refractivity contribution in [2.75, 3.05) is 0 Å². The zero-order valence-electron chi connectivity index (χ0n) is 6.13. The van der Waals surface area contributed by atoms with E-state index in [1.165, 1.54) is 12.1 Å². The number of hydrogen-bond donors (Lipinski definition) is 2. The van der Waals surface area contributed by atoms with E-state index in [0.29, 0.717) is 0 Å². The van der Waals surface area contributed by atoms with Crippen molar-refractivity contribution in [3.05, 3.63) is 23.8 Å². The topological polar surface area (TPSA) is 40.5 Å². The molecule has 11 heavy (non-hydrogen) atoms. The quantitative estimate of drug-likeness (QED) is 0.547. The molecule has 1 aromatic rings. The van der Waals surface area contributed by atoms with E-state index in [4.69, 9.17) is 10.2 Å². The third-order valence-electron chi connectivity index (χ3n) is 1.27. The van der Waals surface area contributed by atoms with Crippen molar-refractivity contribution in [1.82, 2.24) is 0 Å². The molecule has 0 aromatic heterocycles. The van der Waals surface area contributed by atoms with E-state index in [2.05, 4.69) is 11.8 Å². The molecule has 2 heteroatoms. The summed E-state index contributed by atoms with van der Waals surface area (Å²) in [4.78, 5) is 0. The lowest BCUT2D eigenvalue weighted by molar-refractivity contribution is 0.448. The number of phenolic OH excluding ortho intramolecular Hbond substituents is 2. The van der Waals surface area contributed by atoms with Gasteiger partial charge in [-0.2, -0.15) is 0 Å². The van der Waals surface area contributed by atoms with Gasteiger partial charge in [0, 0.05) is 0 Å². The van der Waals surface area contributed by atoms with Gasteiger partial charge in [-0.1, -0.05) is 12.0 Å². The van der Waals surface area contributed by atoms with E-state index in [-0.39, 0.29) is 17.1 Å². The van der Waals surface area contributed by atoms with Gasteiger partial charge >= 0.3 is 0 Å². The van der Waals surface area contributed by atoms with Gasteiger partial charge in [0.25, 0.3) is 0 Å². The van der Waals surface area contributed by atoms with E-state index >= 15 is 0 Å². The molecule has 0 aliphatic carbocycles. The highest BCUT2D eigenvalue weighted by molar-refractivity contribution is 5.53. The Morgan fingerprint density at radius 2 is 1.73 bits per heavy atom. The van der Waals surface area contributed by atoms with Crippen LogP contribution in [0.25, 0.3) is 0 Å². The normalized spacial score (nSPS) is 8.45. The molecule has 56 valence electrons. The first-order chi connectivity index (χ1) is 5.25. The number of aromatic hydroxyl groups is 2. The zero-order valence-corrected chi connectivity index (χ0v) is 6.13. The molecule has 0 fully saturated rings. The number of phenols is 2. The molecule has 0 atom stereocenters. The first-order valence-electron chi connectivity index (χ1n) is 3.19. The van der Waals surface area contributed by atoms with E-state index < -0.39 is 0 Å². The summed E-state index contributed by atoms with van der Waals surface area (Å²) >= 11 is 0. The fraction of sp³-hybridized carbons (Fsp3) is 0.111. The Balaban J connectivity index is 3.28. The second kappa shape index (κ2) is 2.98. The van der Waals surface area contributed by atoms with Crippen LogP contribution in [-0.4, -0.2) is 10.2 Å². The van der Waals surface area contributed by atoms with E-state index in [1.807, 2.05) is 0 Å². The minimum atomic E-state index is 0.0133. The molecular formula is C9H8O2. The smallest absolute Gasteiger partial charge is 0.134 e. The van der Waals surface area contributed by atoms with Gasteiger partial charge in [0.05, 0.1) is 0 Å². The van der Waals surface area contributed by atoms with Crippen molar-refractivity contribution in [2.45, 2.75) is 6.92 Å². The minimum Gasteiger partial charge on any atom is -0.507 e. The van der Waals surface area contributed by atoms with Crippen LogP contribution in [0.2, 0.25) is 0 Å². The molecule has 0 heterocycles. The molecule has 0 spiro atoms. The number of hydrogen-bond acceptors (Lipinski definition) is 2. The van der Waals surface area contributed by atoms with Crippen LogP contribution in [0.1, 0.15) is 12.5 Å². The average molecular weight is 148 g/mol. The van der Waals surface area contributed by atoms with Crippen LogP contribution in [-0.2, 0) is 0 Å². The van der Waals surface area contributed by atoms with Crippen LogP contribution in [0.3, 0.4) is 0 Å². The van der Waals surface area contributed by atoms with Gasteiger partial charge in [-0.15, -0.1) is 5.92 Å². The summed E-state index contributed by atoms with van der Waals surface area (Å²) in [6, 6.07) is 4.53. The SMILES string of the molecule is CC#Cc1c(O)cccc1O. The Morgan fingerprint density at radius 3 is 2.18 bits per heavy atom. The predicted octanol–water partition coefficient (Wildman–Crippen LogP) is 1.47. The molecule has 1 aromatic carbocycles. The highest BCUT2D eigenvalue weighted by Gasteiger charge is 2.01. The summed E-state index contributed by atoms with van der Waals surface area (Å²) in [5.74, 6) is 5.22. The van der Waals surface area contributed by atoms with Crippen molar-refractivity contribution in [1.29, 1.82) is 0 Å². The molecule has 0 aliphatic rings. The van der Waals surface area contributed by atoms with E-state index in [0.717, 1.165) is 0 Å². The van der Waals surface area contributed by atoms with Gasteiger partial charge in [-0.3, -0.25) is 0 Å². The predicted molar refractivity (Wildman–Crippen MR) is 42.3 cm³/mol. The van der Waals surface area contributed by atoms with Crippen molar-refractivity contribution < 1.29 is 10.2 Å². The van der Waals surface area contributed by atoms with Crippen molar-refractivity contribution in [3.63, 3.8) is 0 Å². The lowest BCUT2D eigenvalue weighted by Gasteiger charge is -1.97. The maximum atomic E-state index is 9.16. The first-order valence-corrected chi connectivity index (χ1v) is 3.19. The minimum absolute atomic E-state index is 0.0133. The summed E-state index contributed by atoms with van der Waals surface area (Å²) in [6.45, 7) is 1.64. The van der Waals surface area contributed by atoms with Crippen LogP contribution in [0.4, 0.5) is 0 Å². The average Bonchev–Trinajstić information content (AvgIpc) is 1.97. The highest BCUT2D eigenvalue weighted by atomic mass is 16.3. The summed E-state index contributed by atoms with van der Waals surface area (Å²) in [5, 5.41) is 18.3. The summed E-state index contributed by atoms with van der Waals surface area (Å²) in [5.41, 5.74) is 0.287. The largest absolute Gasteiger partial charge is 0.507 e. The highest BCUT2D eigenvalue weighted by Crippen LogP contribution is 2.24. The lowest BCUT2D eigenvalue weighted by Crippen LogP contribution is -1.76. The molecule has 0 unspecified atom stereocenters. The Hall–Kier alpha value is -1.62. The molecule has 0 amide bonds. The van der Waals surface area contributed by atoms with Crippen LogP contribution in [0.5, 0.6) is 11.5 Å². The Labute approximate surface area is 65.1 Å². The van der Waals surface area contributed by atoms with E-state index in [9.17, 15) is 0 Å². The third-order valence-corrected chi connectivity index (χ3v) is 1.27. The van der Waals surface area contributed by atoms with Crippen molar-refractivity contribution >= 4 is 0 Å². The van der Waals surface area contributed by atoms with Gasteiger partial charge in [0.2, 0.25) is 0 Å². The van der Waals surface area contributed by atoms with Crippen LogP contribution in [0, 0.1) is 11.8 Å². The molecule has 2 nitrogen and oxygen atoms in total.